The number of piperidine rings is 1. The highest BCUT2D eigenvalue weighted by Crippen LogP contribution is 2.20. The van der Waals surface area contributed by atoms with E-state index in [1.54, 1.807) is 7.11 Å². The quantitative estimate of drug-likeness (QED) is 0.843. The minimum atomic E-state index is -3.35. The summed E-state index contributed by atoms with van der Waals surface area (Å²) in [5, 5.41) is 2.86. The number of carbonyl (C=O) groups is 1. The van der Waals surface area contributed by atoms with Gasteiger partial charge in [-0.2, -0.15) is 4.31 Å². The van der Waals surface area contributed by atoms with E-state index >= 15 is 0 Å². The molecule has 1 amide bonds. The van der Waals surface area contributed by atoms with Crippen molar-refractivity contribution >= 4 is 15.9 Å². The highest BCUT2D eigenvalue weighted by molar-refractivity contribution is 7.88. The van der Waals surface area contributed by atoms with Gasteiger partial charge in [0.15, 0.2) is 0 Å². The van der Waals surface area contributed by atoms with E-state index in [9.17, 15) is 13.2 Å². The van der Waals surface area contributed by atoms with Gasteiger partial charge < -0.3 is 10.1 Å². The molecule has 0 spiro atoms. The average Bonchev–Trinajstić information content (AvgIpc) is 2.54. The summed E-state index contributed by atoms with van der Waals surface area (Å²) in [7, 11) is -1.73. The van der Waals surface area contributed by atoms with E-state index in [2.05, 4.69) is 5.32 Å². The lowest BCUT2D eigenvalue weighted by atomic mass is 10.0. The SMILES string of the molecule is COc1ccc(CCNC(=O)C2CCCCN2S(C)(=O)=O)cc1. The van der Waals surface area contributed by atoms with Crippen molar-refractivity contribution in [2.45, 2.75) is 31.7 Å². The molecule has 0 aromatic heterocycles. The van der Waals surface area contributed by atoms with Gasteiger partial charge in [-0.25, -0.2) is 8.42 Å². The largest absolute Gasteiger partial charge is 0.497 e. The van der Waals surface area contributed by atoms with Gasteiger partial charge in [0.05, 0.1) is 13.4 Å². The van der Waals surface area contributed by atoms with Crippen LogP contribution in [0.3, 0.4) is 0 Å². The molecule has 1 N–H and O–H groups in total. The fraction of sp³-hybridized carbons (Fsp3) is 0.562. The number of amides is 1. The molecular formula is C16H24N2O4S. The predicted molar refractivity (Wildman–Crippen MR) is 88.9 cm³/mol. The molecule has 1 atom stereocenters. The lowest BCUT2D eigenvalue weighted by Crippen LogP contribution is -2.51. The molecule has 1 saturated heterocycles. The van der Waals surface area contributed by atoms with Crippen LogP contribution in [-0.4, -0.2) is 51.1 Å². The van der Waals surface area contributed by atoms with E-state index in [-0.39, 0.29) is 5.91 Å². The standard InChI is InChI=1S/C16H24N2O4S/c1-22-14-8-6-13(7-9-14)10-11-17-16(19)15-5-3-4-12-18(15)23(2,20)21/h6-9,15H,3-5,10-12H2,1-2H3,(H,17,19). The molecule has 0 bridgehead atoms. The van der Waals surface area contributed by atoms with Crippen molar-refractivity contribution in [2.24, 2.45) is 0 Å². The first kappa shape index (κ1) is 17.7. The monoisotopic (exact) mass is 340 g/mol. The molecule has 1 aliphatic heterocycles. The van der Waals surface area contributed by atoms with Gasteiger partial charge >= 0.3 is 0 Å². The number of hydrogen-bond acceptors (Lipinski definition) is 4. The molecule has 23 heavy (non-hydrogen) atoms. The van der Waals surface area contributed by atoms with E-state index < -0.39 is 16.1 Å². The second kappa shape index (κ2) is 7.79. The summed E-state index contributed by atoms with van der Waals surface area (Å²) in [6.45, 7) is 0.911. The summed E-state index contributed by atoms with van der Waals surface area (Å²) in [6, 6.07) is 7.09. The maximum absolute atomic E-state index is 12.3. The summed E-state index contributed by atoms with van der Waals surface area (Å²) in [4.78, 5) is 12.3. The zero-order valence-corrected chi connectivity index (χ0v) is 14.4. The zero-order valence-electron chi connectivity index (χ0n) is 13.6. The van der Waals surface area contributed by atoms with Crippen LogP contribution in [0.25, 0.3) is 0 Å². The van der Waals surface area contributed by atoms with Crippen LogP contribution in [0.4, 0.5) is 0 Å². The van der Waals surface area contributed by atoms with Crippen LogP contribution in [0.2, 0.25) is 0 Å². The fourth-order valence-corrected chi connectivity index (χ4v) is 3.93. The van der Waals surface area contributed by atoms with Crippen LogP contribution in [0.5, 0.6) is 5.75 Å². The van der Waals surface area contributed by atoms with Gasteiger partial charge in [0.25, 0.3) is 0 Å². The Morgan fingerprint density at radius 3 is 2.61 bits per heavy atom. The minimum Gasteiger partial charge on any atom is -0.497 e. The molecule has 6 nitrogen and oxygen atoms in total. The molecular weight excluding hydrogens is 316 g/mol. The second-order valence-electron chi connectivity index (χ2n) is 5.77. The first-order valence-corrected chi connectivity index (χ1v) is 9.64. The molecule has 0 aliphatic carbocycles. The molecule has 1 aliphatic rings. The molecule has 1 unspecified atom stereocenters. The van der Waals surface area contributed by atoms with Crippen LogP contribution < -0.4 is 10.1 Å². The fourth-order valence-electron chi connectivity index (χ4n) is 2.80. The number of rotatable bonds is 6. The molecule has 1 fully saturated rings. The molecule has 1 aromatic rings. The van der Waals surface area contributed by atoms with Crippen LogP contribution >= 0.6 is 0 Å². The second-order valence-corrected chi connectivity index (χ2v) is 7.71. The van der Waals surface area contributed by atoms with Crippen LogP contribution in [-0.2, 0) is 21.2 Å². The third-order valence-electron chi connectivity index (χ3n) is 4.05. The minimum absolute atomic E-state index is 0.205. The molecule has 0 radical (unpaired) electrons. The van der Waals surface area contributed by atoms with E-state index in [0.29, 0.717) is 25.9 Å². The number of sulfonamides is 1. The van der Waals surface area contributed by atoms with Gasteiger partial charge in [0, 0.05) is 13.1 Å². The van der Waals surface area contributed by atoms with Crippen LogP contribution in [0.1, 0.15) is 24.8 Å². The summed E-state index contributed by atoms with van der Waals surface area (Å²) < 4.78 is 30.0. The van der Waals surface area contributed by atoms with E-state index in [4.69, 9.17) is 4.74 Å². The highest BCUT2D eigenvalue weighted by Gasteiger charge is 2.34. The van der Waals surface area contributed by atoms with Gasteiger partial charge in [0.2, 0.25) is 15.9 Å². The van der Waals surface area contributed by atoms with E-state index in [1.807, 2.05) is 24.3 Å². The van der Waals surface area contributed by atoms with Crippen molar-refractivity contribution in [1.29, 1.82) is 0 Å². The third-order valence-corrected chi connectivity index (χ3v) is 5.34. The Hall–Kier alpha value is -1.60. The van der Waals surface area contributed by atoms with Gasteiger partial charge in [0.1, 0.15) is 11.8 Å². The Bertz CT molecular complexity index is 628. The Morgan fingerprint density at radius 2 is 2.00 bits per heavy atom. The number of hydrogen-bond donors (Lipinski definition) is 1. The average molecular weight is 340 g/mol. The molecule has 1 heterocycles. The highest BCUT2D eigenvalue weighted by atomic mass is 32.2. The maximum atomic E-state index is 12.3. The molecule has 128 valence electrons. The Kier molecular flexibility index (Phi) is 6.01. The Labute approximate surface area is 137 Å². The van der Waals surface area contributed by atoms with Gasteiger partial charge in [-0.3, -0.25) is 4.79 Å². The zero-order chi connectivity index (χ0) is 16.9. The lowest BCUT2D eigenvalue weighted by molar-refractivity contribution is -0.125. The van der Waals surface area contributed by atoms with Crippen molar-refractivity contribution in [3.05, 3.63) is 29.8 Å². The van der Waals surface area contributed by atoms with Crippen molar-refractivity contribution in [1.82, 2.24) is 9.62 Å². The van der Waals surface area contributed by atoms with Crippen LogP contribution in [0, 0.1) is 0 Å². The Balaban J connectivity index is 1.87. The van der Waals surface area contributed by atoms with Gasteiger partial charge in [-0.05, 0) is 37.0 Å². The maximum Gasteiger partial charge on any atom is 0.238 e. The van der Waals surface area contributed by atoms with Crippen LogP contribution in [0.15, 0.2) is 24.3 Å². The first-order chi connectivity index (χ1) is 10.9. The lowest BCUT2D eigenvalue weighted by Gasteiger charge is -2.32. The van der Waals surface area contributed by atoms with Gasteiger partial charge in [-0.15, -0.1) is 0 Å². The normalized spacial score (nSPS) is 19.3. The molecule has 2 rings (SSSR count). The third kappa shape index (κ3) is 4.94. The number of nitrogens with one attached hydrogen (secondary N) is 1. The molecule has 1 aromatic carbocycles. The smallest absolute Gasteiger partial charge is 0.238 e. The van der Waals surface area contributed by atoms with E-state index in [1.165, 1.54) is 4.31 Å². The number of nitrogens with zero attached hydrogens (tertiary/aromatic N) is 1. The van der Waals surface area contributed by atoms with Crippen molar-refractivity contribution in [3.8, 4) is 5.75 Å². The first-order valence-electron chi connectivity index (χ1n) is 7.79. The predicted octanol–water partition coefficient (Wildman–Crippen LogP) is 1.17. The molecule has 7 heteroatoms. The number of carbonyl (C=O) groups excluding carboxylic acids is 1. The van der Waals surface area contributed by atoms with Gasteiger partial charge in [-0.1, -0.05) is 18.6 Å². The van der Waals surface area contributed by atoms with Crippen molar-refractivity contribution in [3.63, 3.8) is 0 Å². The van der Waals surface area contributed by atoms with Crippen molar-refractivity contribution in [2.75, 3.05) is 26.5 Å². The summed E-state index contributed by atoms with van der Waals surface area (Å²) in [5.41, 5.74) is 1.09. The summed E-state index contributed by atoms with van der Waals surface area (Å²) in [5.74, 6) is 0.590. The van der Waals surface area contributed by atoms with E-state index in [0.717, 1.165) is 30.4 Å². The number of benzene rings is 1. The number of methoxy groups -OCH3 is 1. The topological polar surface area (TPSA) is 75.7 Å². The summed E-state index contributed by atoms with van der Waals surface area (Å²) >= 11 is 0. The Morgan fingerprint density at radius 1 is 1.30 bits per heavy atom. The number of ether oxygens (including phenoxy) is 1. The van der Waals surface area contributed by atoms with Crippen molar-refractivity contribution < 1.29 is 17.9 Å². The molecule has 0 saturated carbocycles. The summed E-state index contributed by atoms with van der Waals surface area (Å²) in [6.07, 6.45) is 4.13.